The van der Waals surface area contributed by atoms with E-state index < -0.39 is 0 Å². The summed E-state index contributed by atoms with van der Waals surface area (Å²) in [5, 5.41) is 6.25. The molecule has 0 radical (unpaired) electrons. The van der Waals surface area contributed by atoms with Gasteiger partial charge in [-0.25, -0.2) is 0 Å². The molecule has 0 atom stereocenters. The number of carbonyl (C=O) groups excluding carboxylic acids is 1. The Morgan fingerprint density at radius 2 is 2.20 bits per heavy atom. The van der Waals surface area contributed by atoms with Gasteiger partial charge in [-0.3, -0.25) is 4.79 Å². The summed E-state index contributed by atoms with van der Waals surface area (Å²) in [6.07, 6.45) is 3.44. The molecule has 0 spiro atoms. The summed E-state index contributed by atoms with van der Waals surface area (Å²) in [4.78, 5) is 11.9. The quantitative estimate of drug-likeness (QED) is 0.780. The molecule has 20 heavy (non-hydrogen) atoms. The van der Waals surface area contributed by atoms with E-state index in [9.17, 15) is 4.79 Å². The molecule has 0 unspecified atom stereocenters. The maximum absolute atomic E-state index is 11.9. The lowest BCUT2D eigenvalue weighted by Gasteiger charge is -2.22. The van der Waals surface area contributed by atoms with Gasteiger partial charge in [0, 0.05) is 18.7 Å². The van der Waals surface area contributed by atoms with Crippen LogP contribution in [0.3, 0.4) is 0 Å². The van der Waals surface area contributed by atoms with E-state index in [2.05, 4.69) is 10.6 Å². The van der Waals surface area contributed by atoms with Crippen LogP contribution in [0.25, 0.3) is 0 Å². The summed E-state index contributed by atoms with van der Waals surface area (Å²) < 4.78 is 5.80. The maximum atomic E-state index is 11.9. The number of nitrogens with one attached hydrogen (secondary N) is 2. The third-order valence-electron chi connectivity index (χ3n) is 3.53. The van der Waals surface area contributed by atoms with Crippen LogP contribution in [0.1, 0.15) is 35.2 Å². The summed E-state index contributed by atoms with van der Waals surface area (Å²) in [6, 6.07) is 7.64. The Bertz CT molecular complexity index is 428. The minimum absolute atomic E-state index is 0.00411. The Hall–Kier alpha value is -1.39. The molecule has 1 aromatic rings. The molecule has 0 aliphatic carbocycles. The fourth-order valence-electron chi connectivity index (χ4n) is 2.37. The second kappa shape index (κ2) is 8.02. The molecule has 1 aliphatic rings. The Morgan fingerprint density at radius 3 is 2.95 bits per heavy atom. The average Bonchev–Trinajstić information content (AvgIpc) is 2.48. The first-order valence-corrected chi connectivity index (χ1v) is 7.43. The molecule has 2 rings (SSSR count). The molecule has 1 heterocycles. The molecule has 0 saturated carbocycles. The van der Waals surface area contributed by atoms with Crippen LogP contribution in [0.4, 0.5) is 0 Å². The number of piperidine rings is 1. The lowest BCUT2D eigenvalue weighted by molar-refractivity contribution is 0.0318. The van der Waals surface area contributed by atoms with Crippen molar-refractivity contribution in [2.45, 2.75) is 32.3 Å². The lowest BCUT2D eigenvalue weighted by atomic mass is 10.1. The van der Waals surface area contributed by atoms with Crippen LogP contribution in [0.2, 0.25) is 0 Å². The van der Waals surface area contributed by atoms with Crippen LogP contribution in [-0.2, 0) is 4.74 Å². The Morgan fingerprint density at radius 1 is 1.40 bits per heavy atom. The van der Waals surface area contributed by atoms with Gasteiger partial charge in [-0.2, -0.15) is 0 Å². The topological polar surface area (TPSA) is 50.4 Å². The molecule has 1 saturated heterocycles. The second-order valence-electron chi connectivity index (χ2n) is 5.30. The van der Waals surface area contributed by atoms with Crippen LogP contribution >= 0.6 is 0 Å². The summed E-state index contributed by atoms with van der Waals surface area (Å²) in [7, 11) is 0. The molecule has 1 aliphatic heterocycles. The third kappa shape index (κ3) is 4.94. The first-order chi connectivity index (χ1) is 9.75. The number of rotatable bonds is 6. The van der Waals surface area contributed by atoms with E-state index in [1.54, 1.807) is 0 Å². The first kappa shape index (κ1) is 15.0. The normalized spacial score (nSPS) is 16.1. The molecule has 1 fully saturated rings. The number of hydrogen-bond donors (Lipinski definition) is 2. The van der Waals surface area contributed by atoms with Crippen molar-refractivity contribution < 1.29 is 9.53 Å². The van der Waals surface area contributed by atoms with Crippen LogP contribution in [0.15, 0.2) is 24.3 Å². The van der Waals surface area contributed by atoms with Gasteiger partial charge in [-0.15, -0.1) is 0 Å². The smallest absolute Gasteiger partial charge is 0.251 e. The van der Waals surface area contributed by atoms with Crippen LogP contribution in [-0.4, -0.2) is 38.3 Å². The molecule has 4 nitrogen and oxygen atoms in total. The van der Waals surface area contributed by atoms with E-state index in [1.807, 2.05) is 31.2 Å². The van der Waals surface area contributed by atoms with Gasteiger partial charge < -0.3 is 15.4 Å². The number of hydrogen-bond acceptors (Lipinski definition) is 3. The van der Waals surface area contributed by atoms with Crippen molar-refractivity contribution in [3.05, 3.63) is 35.4 Å². The highest BCUT2D eigenvalue weighted by atomic mass is 16.5. The molecule has 1 aromatic carbocycles. The fraction of sp³-hybridized carbons (Fsp3) is 0.562. The number of amides is 1. The van der Waals surface area contributed by atoms with Crippen molar-refractivity contribution >= 4 is 5.91 Å². The summed E-state index contributed by atoms with van der Waals surface area (Å²) >= 11 is 0. The minimum Gasteiger partial charge on any atom is -0.378 e. The molecule has 1 amide bonds. The minimum atomic E-state index is -0.00411. The van der Waals surface area contributed by atoms with Gasteiger partial charge in [-0.1, -0.05) is 17.7 Å². The number of benzene rings is 1. The zero-order chi connectivity index (χ0) is 14.2. The van der Waals surface area contributed by atoms with Gasteiger partial charge in [0.15, 0.2) is 0 Å². The monoisotopic (exact) mass is 276 g/mol. The Balaban J connectivity index is 1.59. The van der Waals surface area contributed by atoms with Crippen molar-refractivity contribution in [3.63, 3.8) is 0 Å². The van der Waals surface area contributed by atoms with E-state index in [4.69, 9.17) is 4.74 Å². The molecular weight excluding hydrogens is 252 g/mol. The van der Waals surface area contributed by atoms with Crippen molar-refractivity contribution in [3.8, 4) is 0 Å². The third-order valence-corrected chi connectivity index (χ3v) is 3.53. The SMILES string of the molecule is Cc1cccc(C(=O)NCCCOC2CCNCC2)c1. The van der Waals surface area contributed by atoms with Crippen molar-refractivity contribution in [2.24, 2.45) is 0 Å². The summed E-state index contributed by atoms with van der Waals surface area (Å²) in [5.74, 6) is -0.00411. The van der Waals surface area contributed by atoms with Crippen LogP contribution in [0.5, 0.6) is 0 Å². The first-order valence-electron chi connectivity index (χ1n) is 7.43. The van der Waals surface area contributed by atoms with Gasteiger partial charge in [0.05, 0.1) is 6.10 Å². The summed E-state index contributed by atoms with van der Waals surface area (Å²) in [6.45, 7) is 5.48. The molecule has 110 valence electrons. The predicted molar refractivity (Wildman–Crippen MR) is 80.0 cm³/mol. The number of ether oxygens (including phenoxy) is 1. The molecule has 4 heteroatoms. The van der Waals surface area contributed by atoms with Crippen LogP contribution in [0, 0.1) is 6.92 Å². The molecular formula is C16H24N2O2. The Kier molecular flexibility index (Phi) is 6.02. The van der Waals surface area contributed by atoms with E-state index >= 15 is 0 Å². The molecule has 0 bridgehead atoms. The van der Waals surface area contributed by atoms with Crippen molar-refractivity contribution in [1.82, 2.24) is 10.6 Å². The highest BCUT2D eigenvalue weighted by Gasteiger charge is 2.12. The fourth-order valence-corrected chi connectivity index (χ4v) is 2.37. The summed E-state index contributed by atoms with van der Waals surface area (Å²) in [5.41, 5.74) is 1.83. The zero-order valence-electron chi connectivity index (χ0n) is 12.2. The van der Waals surface area contributed by atoms with E-state index in [-0.39, 0.29) is 5.91 Å². The highest BCUT2D eigenvalue weighted by molar-refractivity contribution is 5.94. The predicted octanol–water partition coefficient (Wildman–Crippen LogP) is 1.88. The molecule has 0 aromatic heterocycles. The van der Waals surface area contributed by atoms with Gasteiger partial charge in [0.1, 0.15) is 0 Å². The second-order valence-corrected chi connectivity index (χ2v) is 5.30. The average molecular weight is 276 g/mol. The standard InChI is InChI=1S/C16H24N2O2/c1-13-4-2-5-14(12-13)16(19)18-8-3-11-20-15-6-9-17-10-7-15/h2,4-5,12,15,17H,3,6-11H2,1H3,(H,18,19). The zero-order valence-corrected chi connectivity index (χ0v) is 12.2. The van der Waals surface area contributed by atoms with Crippen LogP contribution < -0.4 is 10.6 Å². The van der Waals surface area contributed by atoms with Gasteiger partial charge in [-0.05, 0) is 51.4 Å². The molecule has 2 N–H and O–H groups in total. The van der Waals surface area contributed by atoms with E-state index in [0.29, 0.717) is 12.6 Å². The maximum Gasteiger partial charge on any atom is 0.251 e. The largest absolute Gasteiger partial charge is 0.378 e. The van der Waals surface area contributed by atoms with Gasteiger partial charge in [0.2, 0.25) is 0 Å². The Labute approximate surface area is 120 Å². The number of aryl methyl sites for hydroxylation is 1. The van der Waals surface area contributed by atoms with Gasteiger partial charge in [0.25, 0.3) is 5.91 Å². The number of carbonyl (C=O) groups is 1. The van der Waals surface area contributed by atoms with Crippen molar-refractivity contribution in [2.75, 3.05) is 26.2 Å². The van der Waals surface area contributed by atoms with E-state index in [1.165, 1.54) is 0 Å². The van der Waals surface area contributed by atoms with E-state index in [0.717, 1.165) is 50.1 Å². The van der Waals surface area contributed by atoms with Gasteiger partial charge >= 0.3 is 0 Å². The lowest BCUT2D eigenvalue weighted by Crippen LogP contribution is -2.33. The highest BCUT2D eigenvalue weighted by Crippen LogP contribution is 2.07. The van der Waals surface area contributed by atoms with Crippen molar-refractivity contribution in [1.29, 1.82) is 0 Å².